The van der Waals surface area contributed by atoms with Gasteiger partial charge in [0, 0.05) is 6.54 Å². The Labute approximate surface area is 100 Å². The smallest absolute Gasteiger partial charge is 0.328 e. The topological polar surface area (TPSA) is 53.3 Å². The van der Waals surface area contributed by atoms with Crippen molar-refractivity contribution in [2.45, 2.75) is 18.9 Å². The summed E-state index contributed by atoms with van der Waals surface area (Å²) in [4.78, 5) is 13.6. The molecule has 1 aliphatic heterocycles. The van der Waals surface area contributed by atoms with Crippen molar-refractivity contribution in [2.24, 2.45) is 0 Å². The fourth-order valence-corrected chi connectivity index (χ4v) is 2.25. The molecule has 88 valence electrons. The predicted octanol–water partition coefficient (Wildman–Crippen LogP) is 1.70. The average Bonchev–Trinajstić information content (AvgIpc) is 2.86. The molecule has 4 heteroatoms. The number of rotatable bonds is 2. The fraction of sp³-hybridized carbons (Fsp3) is 0.385. The van der Waals surface area contributed by atoms with E-state index in [1.54, 1.807) is 6.07 Å². The number of nitriles is 1. The number of esters is 1. The lowest BCUT2D eigenvalue weighted by Gasteiger charge is -2.25. The zero-order chi connectivity index (χ0) is 12.3. The van der Waals surface area contributed by atoms with Gasteiger partial charge in [-0.25, -0.2) is 4.79 Å². The van der Waals surface area contributed by atoms with E-state index in [9.17, 15) is 4.79 Å². The largest absolute Gasteiger partial charge is 0.467 e. The maximum Gasteiger partial charge on any atom is 0.328 e. The van der Waals surface area contributed by atoms with Crippen molar-refractivity contribution in [1.29, 1.82) is 5.26 Å². The van der Waals surface area contributed by atoms with Crippen LogP contribution in [0.5, 0.6) is 0 Å². The van der Waals surface area contributed by atoms with Gasteiger partial charge >= 0.3 is 5.97 Å². The van der Waals surface area contributed by atoms with Gasteiger partial charge in [0.05, 0.1) is 18.4 Å². The minimum Gasteiger partial charge on any atom is -0.467 e. The number of anilines is 1. The van der Waals surface area contributed by atoms with Gasteiger partial charge in [-0.05, 0) is 25.0 Å². The molecule has 4 nitrogen and oxygen atoms in total. The summed E-state index contributed by atoms with van der Waals surface area (Å²) in [5, 5.41) is 9.07. The van der Waals surface area contributed by atoms with Gasteiger partial charge in [0.25, 0.3) is 0 Å². The van der Waals surface area contributed by atoms with Gasteiger partial charge < -0.3 is 9.64 Å². The number of para-hydroxylation sites is 1. The molecule has 0 aliphatic carbocycles. The predicted molar refractivity (Wildman–Crippen MR) is 63.5 cm³/mol. The quantitative estimate of drug-likeness (QED) is 0.726. The lowest BCUT2D eigenvalue weighted by molar-refractivity contribution is -0.141. The summed E-state index contributed by atoms with van der Waals surface area (Å²) in [5.74, 6) is -0.227. The van der Waals surface area contributed by atoms with Crippen molar-refractivity contribution >= 4 is 11.7 Å². The second-order valence-corrected chi connectivity index (χ2v) is 4.00. The summed E-state index contributed by atoms with van der Waals surface area (Å²) >= 11 is 0. The van der Waals surface area contributed by atoms with E-state index in [0.717, 1.165) is 25.1 Å². The molecule has 17 heavy (non-hydrogen) atoms. The van der Waals surface area contributed by atoms with Gasteiger partial charge in [-0.15, -0.1) is 0 Å². The second kappa shape index (κ2) is 4.88. The maximum absolute atomic E-state index is 11.7. The third-order valence-corrected chi connectivity index (χ3v) is 3.06. The molecule has 1 aromatic carbocycles. The number of benzene rings is 1. The highest BCUT2D eigenvalue weighted by molar-refractivity contribution is 5.81. The highest BCUT2D eigenvalue weighted by Crippen LogP contribution is 2.28. The average molecular weight is 230 g/mol. The molecule has 1 unspecified atom stereocenters. The van der Waals surface area contributed by atoms with E-state index >= 15 is 0 Å². The summed E-state index contributed by atoms with van der Waals surface area (Å²) in [7, 11) is 1.40. The monoisotopic (exact) mass is 230 g/mol. The molecule has 1 aliphatic rings. The van der Waals surface area contributed by atoms with E-state index in [0.29, 0.717) is 5.56 Å². The van der Waals surface area contributed by atoms with Crippen LogP contribution in [0.2, 0.25) is 0 Å². The molecule has 0 bridgehead atoms. The number of carbonyl (C=O) groups is 1. The van der Waals surface area contributed by atoms with Gasteiger partial charge in [0.15, 0.2) is 0 Å². The third kappa shape index (κ3) is 2.09. The Kier molecular flexibility index (Phi) is 3.29. The van der Waals surface area contributed by atoms with Crippen LogP contribution in [0.25, 0.3) is 0 Å². The van der Waals surface area contributed by atoms with Crippen LogP contribution < -0.4 is 4.90 Å². The van der Waals surface area contributed by atoms with Gasteiger partial charge in [0.2, 0.25) is 0 Å². The molecule has 0 spiro atoms. The van der Waals surface area contributed by atoms with E-state index in [1.165, 1.54) is 7.11 Å². The molecule has 1 aromatic rings. The highest BCUT2D eigenvalue weighted by Gasteiger charge is 2.32. The van der Waals surface area contributed by atoms with Gasteiger partial charge in [0.1, 0.15) is 12.1 Å². The molecule has 1 atom stereocenters. The Balaban J connectivity index is 2.33. The normalized spacial score (nSPS) is 18.8. The highest BCUT2D eigenvalue weighted by atomic mass is 16.5. The molecule has 0 radical (unpaired) electrons. The lowest BCUT2D eigenvalue weighted by Crippen LogP contribution is -2.37. The molecule has 2 rings (SSSR count). The zero-order valence-electron chi connectivity index (χ0n) is 9.72. The molecule has 1 heterocycles. The standard InChI is InChI=1S/C13H14N2O2/c1-17-13(16)12-7-4-8-15(12)11-6-3-2-5-10(11)9-14/h2-3,5-6,12H,4,7-8H2,1H3. The van der Waals surface area contributed by atoms with E-state index in [1.807, 2.05) is 23.1 Å². The van der Waals surface area contributed by atoms with Crippen molar-refractivity contribution in [2.75, 3.05) is 18.6 Å². The Morgan fingerprint density at radius 1 is 1.53 bits per heavy atom. The van der Waals surface area contributed by atoms with Gasteiger partial charge in [-0.1, -0.05) is 12.1 Å². The molecular formula is C13H14N2O2. The van der Waals surface area contributed by atoms with Gasteiger partial charge in [-0.3, -0.25) is 0 Å². The molecule has 0 saturated carbocycles. The number of hydrogen-bond acceptors (Lipinski definition) is 4. The van der Waals surface area contributed by atoms with Crippen molar-refractivity contribution in [1.82, 2.24) is 0 Å². The first-order valence-corrected chi connectivity index (χ1v) is 5.61. The van der Waals surface area contributed by atoms with E-state index in [-0.39, 0.29) is 12.0 Å². The van der Waals surface area contributed by atoms with Crippen molar-refractivity contribution in [3.8, 4) is 6.07 Å². The van der Waals surface area contributed by atoms with Crippen LogP contribution in [0.3, 0.4) is 0 Å². The Bertz CT molecular complexity index is 465. The van der Waals surface area contributed by atoms with Crippen LogP contribution >= 0.6 is 0 Å². The SMILES string of the molecule is COC(=O)C1CCCN1c1ccccc1C#N. The van der Waals surface area contributed by atoms with Crippen LogP contribution in [0.1, 0.15) is 18.4 Å². The summed E-state index contributed by atoms with van der Waals surface area (Å²) in [6, 6.07) is 9.24. The number of hydrogen-bond donors (Lipinski definition) is 0. The van der Waals surface area contributed by atoms with Crippen LogP contribution in [-0.4, -0.2) is 25.7 Å². The minimum atomic E-state index is -0.255. The van der Waals surface area contributed by atoms with E-state index in [4.69, 9.17) is 10.00 Å². The summed E-state index contributed by atoms with van der Waals surface area (Å²) in [6.45, 7) is 0.790. The third-order valence-electron chi connectivity index (χ3n) is 3.06. The number of methoxy groups -OCH3 is 1. The van der Waals surface area contributed by atoms with Crippen molar-refractivity contribution in [3.63, 3.8) is 0 Å². The van der Waals surface area contributed by atoms with Crippen LogP contribution in [-0.2, 0) is 9.53 Å². The first-order chi connectivity index (χ1) is 8.27. The van der Waals surface area contributed by atoms with E-state index < -0.39 is 0 Å². The summed E-state index contributed by atoms with van der Waals surface area (Å²) < 4.78 is 4.80. The van der Waals surface area contributed by atoms with Crippen molar-refractivity contribution in [3.05, 3.63) is 29.8 Å². The molecule has 1 fully saturated rings. The number of nitrogens with zero attached hydrogens (tertiary/aromatic N) is 2. The molecule has 1 saturated heterocycles. The molecular weight excluding hydrogens is 216 g/mol. The lowest BCUT2D eigenvalue weighted by atomic mass is 10.1. The van der Waals surface area contributed by atoms with Crippen LogP contribution in [0.4, 0.5) is 5.69 Å². The molecule has 0 aromatic heterocycles. The second-order valence-electron chi connectivity index (χ2n) is 4.00. The minimum absolute atomic E-state index is 0.227. The Morgan fingerprint density at radius 3 is 3.00 bits per heavy atom. The van der Waals surface area contributed by atoms with Crippen LogP contribution in [0, 0.1) is 11.3 Å². The fourth-order valence-electron chi connectivity index (χ4n) is 2.25. The molecule has 0 amide bonds. The maximum atomic E-state index is 11.7. The van der Waals surface area contributed by atoms with E-state index in [2.05, 4.69) is 6.07 Å². The first-order valence-electron chi connectivity index (χ1n) is 5.61. The Hall–Kier alpha value is -2.02. The first kappa shape index (κ1) is 11.5. The van der Waals surface area contributed by atoms with Gasteiger partial charge in [-0.2, -0.15) is 5.26 Å². The Morgan fingerprint density at radius 2 is 2.29 bits per heavy atom. The summed E-state index contributed by atoms with van der Waals surface area (Å²) in [6.07, 6.45) is 1.73. The van der Waals surface area contributed by atoms with Crippen molar-refractivity contribution < 1.29 is 9.53 Å². The zero-order valence-corrected chi connectivity index (χ0v) is 9.72. The summed E-state index contributed by atoms with van der Waals surface area (Å²) in [5.41, 5.74) is 1.42. The number of ether oxygens (including phenoxy) is 1. The molecule has 0 N–H and O–H groups in total. The number of carbonyl (C=O) groups excluding carboxylic acids is 1. The van der Waals surface area contributed by atoms with Crippen LogP contribution in [0.15, 0.2) is 24.3 Å².